The number of nitrogens with zero attached hydrogens (tertiary/aromatic N) is 1. The number of anilines is 2. The van der Waals surface area contributed by atoms with E-state index in [9.17, 15) is 4.79 Å². The number of benzene rings is 1. The third-order valence-corrected chi connectivity index (χ3v) is 6.48. The zero-order valence-electron chi connectivity index (χ0n) is 19.7. The fraction of sp³-hybridized carbons (Fsp3) is 0.500. The molecule has 1 heterocycles. The fourth-order valence-corrected chi connectivity index (χ4v) is 5.03. The summed E-state index contributed by atoms with van der Waals surface area (Å²) < 4.78 is 8.48. The SMILES string of the molecule is CCOC1C=c2c(c(N)c(-c3ccc(NC(=O)NC(C)C)cc3)n2C2CCCC2)=CC1C. The van der Waals surface area contributed by atoms with Crippen molar-refractivity contribution in [1.29, 1.82) is 0 Å². The maximum absolute atomic E-state index is 12.0. The standard InChI is InChI=1S/C26H36N4O2/c1-5-32-23-15-22-21(14-17(23)4)24(27)25(30(22)20-8-6-7-9-20)18-10-12-19(13-11-18)29-26(31)28-16(2)3/h10-17,20,23H,5-9,27H2,1-4H3,(H2,28,29,31). The molecule has 4 N–H and O–H groups in total. The highest BCUT2D eigenvalue weighted by Crippen LogP contribution is 2.35. The lowest BCUT2D eigenvalue weighted by molar-refractivity contribution is 0.0861. The van der Waals surface area contributed by atoms with E-state index in [-0.39, 0.29) is 24.1 Å². The first-order valence-corrected chi connectivity index (χ1v) is 11.9. The third kappa shape index (κ3) is 4.42. The Hall–Kier alpha value is -2.73. The Morgan fingerprint density at radius 1 is 1.19 bits per heavy atom. The summed E-state index contributed by atoms with van der Waals surface area (Å²) in [5, 5.41) is 8.07. The highest BCUT2D eigenvalue weighted by Gasteiger charge is 2.27. The molecule has 2 amide bonds. The largest absolute Gasteiger partial charge is 0.396 e. The Kier molecular flexibility index (Phi) is 6.60. The number of carbonyl (C=O) groups is 1. The van der Waals surface area contributed by atoms with Gasteiger partial charge in [-0.05, 0) is 51.8 Å². The number of fused-ring (bicyclic) bond motifs is 1. The molecule has 1 saturated carbocycles. The summed E-state index contributed by atoms with van der Waals surface area (Å²) in [5.74, 6) is 0.281. The predicted octanol–water partition coefficient (Wildman–Crippen LogP) is 4.00. The van der Waals surface area contributed by atoms with Crippen molar-refractivity contribution < 1.29 is 9.53 Å². The van der Waals surface area contributed by atoms with Crippen LogP contribution in [-0.4, -0.2) is 29.4 Å². The molecule has 4 rings (SSSR count). The molecule has 0 spiro atoms. The van der Waals surface area contributed by atoms with Gasteiger partial charge in [0.2, 0.25) is 0 Å². The van der Waals surface area contributed by atoms with Gasteiger partial charge in [0, 0.05) is 46.4 Å². The molecule has 32 heavy (non-hydrogen) atoms. The fourth-order valence-electron chi connectivity index (χ4n) is 5.03. The van der Waals surface area contributed by atoms with Gasteiger partial charge in [-0.3, -0.25) is 0 Å². The number of nitrogens with two attached hydrogens (primary N) is 1. The monoisotopic (exact) mass is 436 g/mol. The zero-order valence-corrected chi connectivity index (χ0v) is 19.7. The summed E-state index contributed by atoms with van der Waals surface area (Å²) in [6.45, 7) is 8.81. The Labute approximate surface area is 190 Å². The molecular formula is C26H36N4O2. The number of amides is 2. The van der Waals surface area contributed by atoms with Crippen molar-refractivity contribution in [3.05, 3.63) is 34.8 Å². The molecule has 2 unspecified atom stereocenters. The van der Waals surface area contributed by atoms with E-state index in [1.807, 2.05) is 32.9 Å². The number of nitrogens with one attached hydrogen (secondary N) is 2. The molecule has 0 aliphatic heterocycles. The molecule has 6 nitrogen and oxygen atoms in total. The minimum atomic E-state index is -0.197. The molecule has 2 aliphatic rings. The van der Waals surface area contributed by atoms with Crippen LogP contribution in [0.2, 0.25) is 0 Å². The van der Waals surface area contributed by atoms with E-state index in [2.05, 4.69) is 46.4 Å². The van der Waals surface area contributed by atoms with Gasteiger partial charge in [0.1, 0.15) is 0 Å². The first kappa shape index (κ1) is 22.5. The zero-order chi connectivity index (χ0) is 22.8. The van der Waals surface area contributed by atoms with Gasteiger partial charge in [-0.1, -0.05) is 38.0 Å². The van der Waals surface area contributed by atoms with Gasteiger partial charge in [0.15, 0.2) is 0 Å². The molecule has 0 saturated heterocycles. The first-order valence-electron chi connectivity index (χ1n) is 11.9. The highest BCUT2D eigenvalue weighted by molar-refractivity contribution is 5.90. The first-order chi connectivity index (χ1) is 15.4. The molecule has 2 aromatic rings. The minimum absolute atomic E-state index is 0.0702. The normalized spacial score (nSPS) is 20.5. The van der Waals surface area contributed by atoms with Crippen molar-refractivity contribution in [3.8, 4) is 11.3 Å². The van der Waals surface area contributed by atoms with Crippen LogP contribution in [0.4, 0.5) is 16.2 Å². The average Bonchev–Trinajstić information content (AvgIpc) is 3.36. The number of nitrogen functional groups attached to an aromatic ring is 1. The maximum Gasteiger partial charge on any atom is 0.319 e. The van der Waals surface area contributed by atoms with Crippen molar-refractivity contribution >= 4 is 29.6 Å². The average molecular weight is 437 g/mol. The third-order valence-electron chi connectivity index (χ3n) is 6.48. The Morgan fingerprint density at radius 3 is 2.50 bits per heavy atom. The Morgan fingerprint density at radius 2 is 1.88 bits per heavy atom. The van der Waals surface area contributed by atoms with Crippen LogP contribution in [0.25, 0.3) is 23.4 Å². The lowest BCUT2D eigenvalue weighted by Crippen LogP contribution is -2.39. The second-order valence-electron chi connectivity index (χ2n) is 9.31. The lowest BCUT2D eigenvalue weighted by atomic mass is 9.98. The summed E-state index contributed by atoms with van der Waals surface area (Å²) in [6.07, 6.45) is 9.46. The molecule has 0 radical (unpaired) electrons. The van der Waals surface area contributed by atoms with E-state index in [1.165, 1.54) is 31.0 Å². The molecule has 1 aromatic carbocycles. The summed E-state index contributed by atoms with van der Waals surface area (Å²) in [4.78, 5) is 12.0. The summed E-state index contributed by atoms with van der Waals surface area (Å²) in [7, 11) is 0. The molecule has 6 heteroatoms. The van der Waals surface area contributed by atoms with E-state index in [4.69, 9.17) is 10.5 Å². The van der Waals surface area contributed by atoms with Gasteiger partial charge in [0.25, 0.3) is 0 Å². The number of hydrogen-bond acceptors (Lipinski definition) is 3. The van der Waals surface area contributed by atoms with Crippen molar-refractivity contribution in [1.82, 2.24) is 9.88 Å². The van der Waals surface area contributed by atoms with Gasteiger partial charge < -0.3 is 25.7 Å². The van der Waals surface area contributed by atoms with Gasteiger partial charge in [-0.2, -0.15) is 0 Å². The quantitative estimate of drug-likeness (QED) is 0.640. The summed E-state index contributed by atoms with van der Waals surface area (Å²) >= 11 is 0. The number of carbonyl (C=O) groups excluding carboxylic acids is 1. The van der Waals surface area contributed by atoms with Crippen LogP contribution in [-0.2, 0) is 4.74 Å². The van der Waals surface area contributed by atoms with Crippen LogP contribution < -0.4 is 26.9 Å². The smallest absolute Gasteiger partial charge is 0.319 e. The van der Waals surface area contributed by atoms with Crippen LogP contribution >= 0.6 is 0 Å². The van der Waals surface area contributed by atoms with E-state index in [0.29, 0.717) is 12.6 Å². The molecule has 1 fully saturated rings. The van der Waals surface area contributed by atoms with Crippen LogP contribution in [0.15, 0.2) is 24.3 Å². The van der Waals surface area contributed by atoms with Gasteiger partial charge in [-0.25, -0.2) is 4.79 Å². The number of aromatic nitrogens is 1. The molecule has 0 bridgehead atoms. The van der Waals surface area contributed by atoms with Crippen LogP contribution in [0, 0.1) is 5.92 Å². The molecule has 2 atom stereocenters. The van der Waals surface area contributed by atoms with Crippen LogP contribution in [0.3, 0.4) is 0 Å². The topological polar surface area (TPSA) is 81.3 Å². The van der Waals surface area contributed by atoms with E-state index in [1.54, 1.807) is 0 Å². The number of rotatable bonds is 6. The predicted molar refractivity (Wildman–Crippen MR) is 132 cm³/mol. The molecule has 2 aliphatic carbocycles. The minimum Gasteiger partial charge on any atom is -0.396 e. The van der Waals surface area contributed by atoms with E-state index >= 15 is 0 Å². The summed E-state index contributed by atoms with van der Waals surface area (Å²) in [6, 6.07) is 8.33. The number of ether oxygens (including phenoxy) is 1. The molecular weight excluding hydrogens is 400 g/mol. The van der Waals surface area contributed by atoms with E-state index < -0.39 is 0 Å². The molecule has 172 valence electrons. The Balaban J connectivity index is 1.76. The van der Waals surface area contributed by atoms with E-state index in [0.717, 1.165) is 27.9 Å². The van der Waals surface area contributed by atoms with Crippen molar-refractivity contribution in [2.75, 3.05) is 17.7 Å². The van der Waals surface area contributed by atoms with Gasteiger partial charge >= 0.3 is 6.03 Å². The van der Waals surface area contributed by atoms with Crippen molar-refractivity contribution in [2.45, 2.75) is 71.6 Å². The maximum atomic E-state index is 12.0. The van der Waals surface area contributed by atoms with Gasteiger partial charge in [0.05, 0.1) is 17.5 Å². The van der Waals surface area contributed by atoms with Crippen molar-refractivity contribution in [2.24, 2.45) is 5.92 Å². The molecule has 1 aromatic heterocycles. The number of urea groups is 1. The Bertz CT molecular complexity index is 1080. The van der Waals surface area contributed by atoms with Gasteiger partial charge in [-0.15, -0.1) is 0 Å². The summed E-state index contributed by atoms with van der Waals surface area (Å²) in [5.41, 5.74) is 10.5. The highest BCUT2D eigenvalue weighted by atomic mass is 16.5. The second-order valence-corrected chi connectivity index (χ2v) is 9.31. The lowest BCUT2D eigenvalue weighted by Gasteiger charge is -2.22. The van der Waals surface area contributed by atoms with Crippen LogP contribution in [0.5, 0.6) is 0 Å². The van der Waals surface area contributed by atoms with Crippen LogP contribution in [0.1, 0.15) is 59.4 Å². The second kappa shape index (κ2) is 9.41. The van der Waals surface area contributed by atoms with Crippen molar-refractivity contribution in [3.63, 3.8) is 0 Å². The number of hydrogen-bond donors (Lipinski definition) is 3.